The highest BCUT2D eigenvalue weighted by molar-refractivity contribution is 5.94. The van der Waals surface area contributed by atoms with E-state index >= 15 is 0 Å². The van der Waals surface area contributed by atoms with Crippen molar-refractivity contribution in [2.75, 3.05) is 0 Å². The van der Waals surface area contributed by atoms with Gasteiger partial charge in [-0.25, -0.2) is 4.98 Å². The van der Waals surface area contributed by atoms with Gasteiger partial charge < -0.3 is 9.88 Å². The molecular formula is C22H19N3O. The number of para-hydroxylation sites is 2. The van der Waals surface area contributed by atoms with Gasteiger partial charge >= 0.3 is 0 Å². The molecule has 4 heteroatoms. The lowest BCUT2D eigenvalue weighted by Gasteiger charge is -2.08. The van der Waals surface area contributed by atoms with E-state index in [2.05, 4.69) is 45.2 Å². The topological polar surface area (TPSA) is 46.9 Å². The Balaban J connectivity index is 1.40. The van der Waals surface area contributed by atoms with Crippen molar-refractivity contribution in [2.24, 2.45) is 0 Å². The molecule has 1 heterocycles. The van der Waals surface area contributed by atoms with Crippen molar-refractivity contribution in [3.63, 3.8) is 0 Å². The zero-order chi connectivity index (χ0) is 17.8. The Morgan fingerprint density at radius 2 is 1.54 bits per heavy atom. The number of fused-ring (bicyclic) bond motifs is 1. The quantitative estimate of drug-likeness (QED) is 0.596. The van der Waals surface area contributed by atoms with Gasteiger partial charge in [0.05, 0.1) is 17.4 Å². The van der Waals surface area contributed by atoms with Crippen molar-refractivity contribution in [3.8, 4) is 0 Å². The molecule has 0 unspecified atom stereocenters. The van der Waals surface area contributed by atoms with Crippen LogP contribution in [0.3, 0.4) is 0 Å². The minimum atomic E-state index is -0.0560. The molecule has 0 saturated heterocycles. The van der Waals surface area contributed by atoms with Crippen LogP contribution in [0.25, 0.3) is 11.0 Å². The lowest BCUT2D eigenvalue weighted by atomic mass is 10.1. The first-order valence-electron chi connectivity index (χ1n) is 8.60. The molecule has 0 bridgehead atoms. The Hall–Kier alpha value is -3.40. The number of imidazole rings is 1. The number of hydrogen-bond donors (Lipinski definition) is 1. The average Bonchev–Trinajstić information content (AvgIpc) is 3.11. The number of carbonyl (C=O) groups excluding carboxylic acids is 1. The second-order valence-electron chi connectivity index (χ2n) is 6.23. The molecule has 0 aliphatic carbocycles. The third-order valence-corrected chi connectivity index (χ3v) is 4.39. The smallest absolute Gasteiger partial charge is 0.251 e. The maximum absolute atomic E-state index is 12.1. The SMILES string of the molecule is O=C(NCc1ccc(Cn2cnc3ccccc32)cc1)c1ccccc1. The fourth-order valence-electron chi connectivity index (χ4n) is 2.97. The van der Waals surface area contributed by atoms with E-state index < -0.39 is 0 Å². The molecule has 4 rings (SSSR count). The molecule has 1 N–H and O–H groups in total. The number of rotatable bonds is 5. The van der Waals surface area contributed by atoms with Crippen LogP contribution in [-0.4, -0.2) is 15.5 Å². The molecule has 4 nitrogen and oxygen atoms in total. The summed E-state index contributed by atoms with van der Waals surface area (Å²) in [6.07, 6.45) is 1.87. The summed E-state index contributed by atoms with van der Waals surface area (Å²) in [4.78, 5) is 16.5. The highest BCUT2D eigenvalue weighted by atomic mass is 16.1. The number of carbonyl (C=O) groups is 1. The molecule has 128 valence electrons. The van der Waals surface area contributed by atoms with Crippen molar-refractivity contribution in [2.45, 2.75) is 13.1 Å². The molecule has 0 aliphatic heterocycles. The predicted octanol–water partition coefficient (Wildman–Crippen LogP) is 4.01. The van der Waals surface area contributed by atoms with Crippen LogP contribution >= 0.6 is 0 Å². The van der Waals surface area contributed by atoms with Crippen LogP contribution in [0.2, 0.25) is 0 Å². The van der Waals surface area contributed by atoms with Crippen LogP contribution in [0, 0.1) is 0 Å². The van der Waals surface area contributed by atoms with Gasteiger partial charge in [-0.2, -0.15) is 0 Å². The van der Waals surface area contributed by atoms with Gasteiger partial charge in [0.2, 0.25) is 0 Å². The lowest BCUT2D eigenvalue weighted by Crippen LogP contribution is -2.22. The minimum Gasteiger partial charge on any atom is -0.348 e. The van der Waals surface area contributed by atoms with Crippen molar-refractivity contribution >= 4 is 16.9 Å². The number of amides is 1. The molecule has 0 spiro atoms. The van der Waals surface area contributed by atoms with E-state index in [1.54, 1.807) is 0 Å². The third-order valence-electron chi connectivity index (χ3n) is 4.39. The Morgan fingerprint density at radius 1 is 0.846 bits per heavy atom. The first-order valence-corrected chi connectivity index (χ1v) is 8.60. The Kier molecular flexibility index (Phi) is 4.48. The highest BCUT2D eigenvalue weighted by Crippen LogP contribution is 2.14. The fourth-order valence-corrected chi connectivity index (χ4v) is 2.97. The molecule has 0 atom stereocenters. The summed E-state index contributed by atoms with van der Waals surface area (Å²) in [5.41, 5.74) is 5.09. The van der Waals surface area contributed by atoms with E-state index in [1.807, 2.05) is 54.9 Å². The fraction of sp³-hybridized carbons (Fsp3) is 0.0909. The summed E-state index contributed by atoms with van der Waals surface area (Å²) in [6, 6.07) is 25.7. The lowest BCUT2D eigenvalue weighted by molar-refractivity contribution is 0.0951. The monoisotopic (exact) mass is 341 g/mol. The van der Waals surface area contributed by atoms with E-state index in [0.717, 1.165) is 23.1 Å². The number of benzene rings is 3. The second-order valence-corrected chi connectivity index (χ2v) is 6.23. The van der Waals surface area contributed by atoms with E-state index in [0.29, 0.717) is 12.1 Å². The van der Waals surface area contributed by atoms with Crippen LogP contribution in [-0.2, 0) is 13.1 Å². The summed E-state index contributed by atoms with van der Waals surface area (Å²) < 4.78 is 2.14. The van der Waals surface area contributed by atoms with Crippen molar-refractivity contribution in [1.29, 1.82) is 0 Å². The first kappa shape index (κ1) is 16.1. The third kappa shape index (κ3) is 3.49. The first-order chi connectivity index (χ1) is 12.8. The maximum atomic E-state index is 12.1. The molecule has 0 fully saturated rings. The van der Waals surface area contributed by atoms with E-state index in [9.17, 15) is 4.79 Å². The zero-order valence-electron chi connectivity index (χ0n) is 14.3. The Morgan fingerprint density at radius 3 is 2.35 bits per heavy atom. The van der Waals surface area contributed by atoms with Crippen LogP contribution < -0.4 is 5.32 Å². The molecule has 3 aromatic carbocycles. The van der Waals surface area contributed by atoms with Gasteiger partial charge in [-0.3, -0.25) is 4.79 Å². The van der Waals surface area contributed by atoms with Gasteiger partial charge in [0.25, 0.3) is 5.91 Å². The summed E-state index contributed by atoms with van der Waals surface area (Å²) in [5, 5.41) is 2.95. The molecule has 0 radical (unpaired) electrons. The minimum absolute atomic E-state index is 0.0560. The van der Waals surface area contributed by atoms with E-state index in [4.69, 9.17) is 0 Å². The summed E-state index contributed by atoms with van der Waals surface area (Å²) in [6.45, 7) is 1.29. The van der Waals surface area contributed by atoms with Gasteiger partial charge in [-0.15, -0.1) is 0 Å². The van der Waals surface area contributed by atoms with Gasteiger partial charge in [0.15, 0.2) is 0 Å². The molecule has 1 amide bonds. The molecule has 0 saturated carbocycles. The van der Waals surface area contributed by atoms with Crippen LogP contribution in [0.5, 0.6) is 0 Å². The second kappa shape index (κ2) is 7.23. The number of aromatic nitrogens is 2. The zero-order valence-corrected chi connectivity index (χ0v) is 14.3. The van der Waals surface area contributed by atoms with Crippen molar-refractivity contribution < 1.29 is 4.79 Å². The molecule has 26 heavy (non-hydrogen) atoms. The highest BCUT2D eigenvalue weighted by Gasteiger charge is 2.05. The van der Waals surface area contributed by atoms with Crippen molar-refractivity contribution in [1.82, 2.24) is 14.9 Å². The maximum Gasteiger partial charge on any atom is 0.251 e. The number of hydrogen-bond acceptors (Lipinski definition) is 2. The van der Waals surface area contributed by atoms with Crippen LogP contribution in [0.4, 0.5) is 0 Å². The summed E-state index contributed by atoms with van der Waals surface area (Å²) in [7, 11) is 0. The van der Waals surface area contributed by atoms with Gasteiger partial charge in [0, 0.05) is 18.7 Å². The number of nitrogens with one attached hydrogen (secondary N) is 1. The molecule has 4 aromatic rings. The Labute approximate surface area is 152 Å². The average molecular weight is 341 g/mol. The normalized spacial score (nSPS) is 10.8. The van der Waals surface area contributed by atoms with Gasteiger partial charge in [-0.1, -0.05) is 54.6 Å². The summed E-state index contributed by atoms with van der Waals surface area (Å²) >= 11 is 0. The van der Waals surface area contributed by atoms with Gasteiger partial charge in [-0.05, 0) is 35.4 Å². The predicted molar refractivity (Wildman–Crippen MR) is 103 cm³/mol. The summed E-state index contributed by atoms with van der Waals surface area (Å²) in [5.74, 6) is -0.0560. The Bertz CT molecular complexity index is 1020. The molecule has 0 aliphatic rings. The largest absolute Gasteiger partial charge is 0.348 e. The van der Waals surface area contributed by atoms with Crippen molar-refractivity contribution in [3.05, 3.63) is 102 Å². The van der Waals surface area contributed by atoms with E-state index in [1.165, 1.54) is 5.56 Å². The van der Waals surface area contributed by atoms with Gasteiger partial charge in [0.1, 0.15) is 0 Å². The molecular weight excluding hydrogens is 322 g/mol. The van der Waals surface area contributed by atoms with Crippen LogP contribution in [0.15, 0.2) is 85.2 Å². The van der Waals surface area contributed by atoms with Crippen LogP contribution in [0.1, 0.15) is 21.5 Å². The molecule has 1 aromatic heterocycles. The van der Waals surface area contributed by atoms with E-state index in [-0.39, 0.29) is 5.91 Å². The standard InChI is InChI=1S/C22H19N3O/c26-22(19-6-2-1-3-7-19)23-14-17-10-12-18(13-11-17)15-25-16-24-20-8-4-5-9-21(20)25/h1-13,16H,14-15H2,(H,23,26). The number of nitrogens with zero attached hydrogens (tertiary/aromatic N) is 2.